The van der Waals surface area contributed by atoms with Gasteiger partial charge >= 0.3 is 12.0 Å². The summed E-state index contributed by atoms with van der Waals surface area (Å²) in [5.74, 6) is -0.798. The van der Waals surface area contributed by atoms with E-state index in [1.54, 1.807) is 7.05 Å². The predicted octanol–water partition coefficient (Wildman–Crippen LogP) is 2.09. The summed E-state index contributed by atoms with van der Waals surface area (Å²) in [5, 5.41) is 12.2. The second kappa shape index (κ2) is 8.22. The summed E-state index contributed by atoms with van der Waals surface area (Å²) >= 11 is 0. The summed E-state index contributed by atoms with van der Waals surface area (Å²) in [4.78, 5) is 25.0. The number of hydrogen-bond donors (Lipinski definition) is 2. The largest absolute Gasteiger partial charge is 0.481 e. The van der Waals surface area contributed by atoms with Crippen LogP contribution in [0.1, 0.15) is 46.0 Å². The van der Waals surface area contributed by atoms with Crippen LogP contribution in [-0.2, 0) is 9.53 Å². The molecule has 0 radical (unpaired) electrons. The van der Waals surface area contributed by atoms with Crippen LogP contribution in [-0.4, -0.2) is 54.9 Å². The molecule has 2 N–H and O–H groups in total. The van der Waals surface area contributed by atoms with Crippen molar-refractivity contribution in [3.8, 4) is 0 Å². The maximum atomic E-state index is 12.0. The van der Waals surface area contributed by atoms with Crippen LogP contribution in [0.4, 0.5) is 4.79 Å². The lowest BCUT2D eigenvalue weighted by Crippen LogP contribution is -2.48. The highest BCUT2D eigenvalue weighted by molar-refractivity contribution is 5.78. The highest BCUT2D eigenvalue weighted by Gasteiger charge is 2.39. The number of carboxylic acid groups (broad SMARTS) is 1. The molecule has 0 bridgehead atoms. The molecular formula is C15H28N2O4. The van der Waals surface area contributed by atoms with Gasteiger partial charge in [0.1, 0.15) is 0 Å². The van der Waals surface area contributed by atoms with Gasteiger partial charge in [0.05, 0.1) is 18.1 Å². The first-order chi connectivity index (χ1) is 9.87. The zero-order valence-electron chi connectivity index (χ0n) is 13.4. The molecule has 1 aliphatic rings. The second-order valence-electron chi connectivity index (χ2n) is 6.15. The van der Waals surface area contributed by atoms with Crippen molar-refractivity contribution in [2.24, 2.45) is 5.41 Å². The van der Waals surface area contributed by atoms with E-state index in [2.05, 4.69) is 5.32 Å². The van der Waals surface area contributed by atoms with Gasteiger partial charge in [-0.05, 0) is 26.7 Å². The van der Waals surface area contributed by atoms with Crippen LogP contribution in [0.3, 0.4) is 0 Å². The fourth-order valence-corrected chi connectivity index (χ4v) is 2.60. The Morgan fingerprint density at radius 3 is 2.43 bits per heavy atom. The third-order valence-corrected chi connectivity index (χ3v) is 4.07. The highest BCUT2D eigenvalue weighted by atomic mass is 16.5. The molecule has 1 aliphatic carbocycles. The van der Waals surface area contributed by atoms with Crippen LogP contribution in [0.2, 0.25) is 0 Å². The van der Waals surface area contributed by atoms with Crippen molar-refractivity contribution >= 4 is 12.0 Å². The summed E-state index contributed by atoms with van der Waals surface area (Å²) < 4.78 is 5.40. The molecule has 1 saturated carbocycles. The Balaban J connectivity index is 2.40. The fourth-order valence-electron chi connectivity index (χ4n) is 2.60. The van der Waals surface area contributed by atoms with E-state index < -0.39 is 11.4 Å². The van der Waals surface area contributed by atoms with Crippen LogP contribution in [0.25, 0.3) is 0 Å². The summed E-state index contributed by atoms with van der Waals surface area (Å²) in [7, 11) is 1.69. The number of carbonyl (C=O) groups is 2. The number of hydrogen-bond acceptors (Lipinski definition) is 3. The van der Waals surface area contributed by atoms with Gasteiger partial charge in [0.15, 0.2) is 0 Å². The van der Waals surface area contributed by atoms with Gasteiger partial charge in [0.25, 0.3) is 0 Å². The molecule has 0 aliphatic heterocycles. The summed E-state index contributed by atoms with van der Waals surface area (Å²) in [6.45, 7) is 5.06. The van der Waals surface area contributed by atoms with Gasteiger partial charge in [-0.3, -0.25) is 4.79 Å². The molecule has 1 fully saturated rings. The Bertz CT molecular complexity index is 352. The standard InChI is InChI=1S/C15H28N2O4/c1-12(2)21-10-9-17(3)14(20)16-11-15(13(18)19)7-5-4-6-8-15/h12H,4-11H2,1-3H3,(H,16,20)(H,18,19). The SMILES string of the molecule is CC(C)OCCN(C)C(=O)NCC1(C(=O)O)CCCCC1. The number of amides is 2. The molecule has 2 amide bonds. The van der Waals surface area contributed by atoms with E-state index in [1.807, 2.05) is 13.8 Å². The number of rotatable bonds is 7. The smallest absolute Gasteiger partial charge is 0.317 e. The van der Waals surface area contributed by atoms with E-state index in [1.165, 1.54) is 4.90 Å². The number of aliphatic carboxylic acids is 1. The number of urea groups is 1. The number of carboxylic acids is 1. The molecule has 1 rings (SSSR count). The zero-order chi connectivity index (χ0) is 15.9. The summed E-state index contributed by atoms with van der Waals surface area (Å²) in [6, 6.07) is -0.242. The van der Waals surface area contributed by atoms with E-state index in [-0.39, 0.29) is 18.7 Å². The van der Waals surface area contributed by atoms with Crippen molar-refractivity contribution in [1.82, 2.24) is 10.2 Å². The maximum Gasteiger partial charge on any atom is 0.317 e. The molecule has 0 atom stereocenters. The van der Waals surface area contributed by atoms with Gasteiger partial charge < -0.3 is 20.1 Å². The van der Waals surface area contributed by atoms with Crippen LogP contribution in [0.5, 0.6) is 0 Å². The molecule has 0 heterocycles. The number of ether oxygens (including phenoxy) is 1. The van der Waals surface area contributed by atoms with Crippen molar-refractivity contribution in [2.75, 3.05) is 26.7 Å². The molecule has 0 unspecified atom stereocenters. The first-order valence-electron chi connectivity index (χ1n) is 7.71. The summed E-state index contributed by atoms with van der Waals surface area (Å²) in [5.41, 5.74) is -0.789. The van der Waals surface area contributed by atoms with Gasteiger partial charge in [0.2, 0.25) is 0 Å². The Labute approximate surface area is 126 Å². The van der Waals surface area contributed by atoms with Crippen molar-refractivity contribution in [3.63, 3.8) is 0 Å². The van der Waals surface area contributed by atoms with E-state index >= 15 is 0 Å². The number of likely N-dealkylation sites (N-methyl/N-ethyl adjacent to an activating group) is 1. The lowest BCUT2D eigenvalue weighted by atomic mass is 9.74. The van der Waals surface area contributed by atoms with Gasteiger partial charge in [-0.25, -0.2) is 4.79 Å². The summed E-state index contributed by atoms with van der Waals surface area (Å²) in [6.07, 6.45) is 4.33. The lowest BCUT2D eigenvalue weighted by Gasteiger charge is -2.33. The Hall–Kier alpha value is -1.30. The predicted molar refractivity (Wildman–Crippen MR) is 80.3 cm³/mol. The molecule has 0 aromatic rings. The van der Waals surface area contributed by atoms with Gasteiger partial charge in [-0.2, -0.15) is 0 Å². The molecular weight excluding hydrogens is 272 g/mol. The van der Waals surface area contributed by atoms with Crippen molar-refractivity contribution < 1.29 is 19.4 Å². The zero-order valence-corrected chi connectivity index (χ0v) is 13.4. The van der Waals surface area contributed by atoms with Gasteiger partial charge in [-0.1, -0.05) is 19.3 Å². The van der Waals surface area contributed by atoms with Crippen molar-refractivity contribution in [1.29, 1.82) is 0 Å². The second-order valence-corrected chi connectivity index (χ2v) is 6.15. The lowest BCUT2D eigenvalue weighted by molar-refractivity contribution is -0.150. The number of carbonyl (C=O) groups excluding carboxylic acids is 1. The maximum absolute atomic E-state index is 12.0. The van der Waals surface area contributed by atoms with E-state index in [9.17, 15) is 14.7 Å². The minimum atomic E-state index is -0.798. The normalized spacial score (nSPS) is 17.5. The Kier molecular flexibility index (Phi) is 6.95. The average molecular weight is 300 g/mol. The fraction of sp³-hybridized carbons (Fsp3) is 0.867. The van der Waals surface area contributed by atoms with Gasteiger partial charge in [0, 0.05) is 20.1 Å². The molecule has 21 heavy (non-hydrogen) atoms. The number of nitrogens with zero attached hydrogens (tertiary/aromatic N) is 1. The monoisotopic (exact) mass is 300 g/mol. The topological polar surface area (TPSA) is 78.9 Å². The van der Waals surface area contributed by atoms with Crippen molar-refractivity contribution in [3.05, 3.63) is 0 Å². The van der Waals surface area contributed by atoms with E-state index in [0.717, 1.165) is 19.3 Å². The van der Waals surface area contributed by atoms with Crippen LogP contribution >= 0.6 is 0 Å². The van der Waals surface area contributed by atoms with Crippen molar-refractivity contribution in [2.45, 2.75) is 52.1 Å². The molecule has 6 heteroatoms. The number of nitrogens with one attached hydrogen (secondary N) is 1. The van der Waals surface area contributed by atoms with Crippen LogP contribution in [0.15, 0.2) is 0 Å². The van der Waals surface area contributed by atoms with E-state index in [4.69, 9.17) is 4.74 Å². The molecule has 0 aromatic heterocycles. The Morgan fingerprint density at radius 2 is 1.90 bits per heavy atom. The third kappa shape index (κ3) is 5.53. The minimum absolute atomic E-state index is 0.138. The first-order valence-corrected chi connectivity index (χ1v) is 7.71. The minimum Gasteiger partial charge on any atom is -0.481 e. The third-order valence-electron chi connectivity index (χ3n) is 4.07. The van der Waals surface area contributed by atoms with Crippen LogP contribution in [0, 0.1) is 5.41 Å². The highest BCUT2D eigenvalue weighted by Crippen LogP contribution is 2.35. The molecule has 0 aromatic carbocycles. The van der Waals surface area contributed by atoms with Gasteiger partial charge in [-0.15, -0.1) is 0 Å². The average Bonchev–Trinajstić information content (AvgIpc) is 2.45. The molecule has 122 valence electrons. The van der Waals surface area contributed by atoms with Crippen LogP contribution < -0.4 is 5.32 Å². The molecule has 0 spiro atoms. The quantitative estimate of drug-likeness (QED) is 0.754. The van der Waals surface area contributed by atoms with E-state index in [0.29, 0.717) is 26.0 Å². The Morgan fingerprint density at radius 1 is 1.29 bits per heavy atom. The molecule has 0 saturated heterocycles. The molecule has 6 nitrogen and oxygen atoms in total. The first kappa shape index (κ1) is 17.8.